The fraction of sp³-hybridized carbons (Fsp3) is 0.846. The van der Waals surface area contributed by atoms with Gasteiger partial charge in [-0.3, -0.25) is 4.79 Å². The number of rotatable bonds is 4. The van der Waals surface area contributed by atoms with E-state index in [-0.39, 0.29) is 11.4 Å². The van der Waals surface area contributed by atoms with Gasteiger partial charge in [0.25, 0.3) is 0 Å². The van der Waals surface area contributed by atoms with E-state index in [4.69, 9.17) is 4.74 Å². The lowest BCUT2D eigenvalue weighted by molar-refractivity contribution is -0.121. The van der Waals surface area contributed by atoms with Crippen LogP contribution in [0.1, 0.15) is 52.9 Å². The van der Waals surface area contributed by atoms with Crippen molar-refractivity contribution in [1.29, 1.82) is 0 Å². The van der Waals surface area contributed by atoms with E-state index in [0.717, 1.165) is 25.7 Å². The van der Waals surface area contributed by atoms with E-state index >= 15 is 0 Å². The number of carbonyl (C=O) groups is 2. The van der Waals surface area contributed by atoms with Crippen molar-refractivity contribution < 1.29 is 14.3 Å². The molecule has 5 nitrogen and oxygen atoms in total. The Kier molecular flexibility index (Phi) is 3.25. The zero-order valence-corrected chi connectivity index (χ0v) is 11.3. The van der Waals surface area contributed by atoms with Crippen molar-refractivity contribution >= 4 is 12.0 Å². The third-order valence-electron chi connectivity index (χ3n) is 3.06. The SMILES string of the molecule is CC(C)(C)OC(=O)NC1(CC(=O)NC2CC2)CC1. The van der Waals surface area contributed by atoms with Crippen LogP contribution in [0.2, 0.25) is 0 Å². The highest BCUT2D eigenvalue weighted by molar-refractivity contribution is 5.80. The summed E-state index contributed by atoms with van der Waals surface area (Å²) in [4.78, 5) is 23.4. The Morgan fingerprint density at radius 3 is 2.33 bits per heavy atom. The number of amides is 2. The van der Waals surface area contributed by atoms with Gasteiger partial charge < -0.3 is 15.4 Å². The molecule has 0 saturated heterocycles. The highest BCUT2D eigenvalue weighted by Crippen LogP contribution is 2.39. The maximum absolute atomic E-state index is 11.7. The number of hydrogen-bond donors (Lipinski definition) is 2. The second-order valence-electron chi connectivity index (χ2n) is 6.43. The molecule has 2 rings (SSSR count). The fourth-order valence-corrected chi connectivity index (χ4v) is 1.83. The van der Waals surface area contributed by atoms with E-state index < -0.39 is 11.7 Å². The van der Waals surface area contributed by atoms with Crippen LogP contribution in [-0.4, -0.2) is 29.2 Å². The average Bonchev–Trinajstić information content (AvgIpc) is 3.01. The molecule has 2 aliphatic rings. The molecule has 2 saturated carbocycles. The summed E-state index contributed by atoms with van der Waals surface area (Å²) < 4.78 is 5.21. The quantitative estimate of drug-likeness (QED) is 0.802. The molecule has 0 heterocycles. The average molecular weight is 254 g/mol. The molecule has 0 radical (unpaired) electrons. The maximum Gasteiger partial charge on any atom is 0.408 e. The highest BCUT2D eigenvalue weighted by Gasteiger charge is 2.47. The predicted molar refractivity (Wildman–Crippen MR) is 67.1 cm³/mol. The lowest BCUT2D eigenvalue weighted by Crippen LogP contribution is -2.43. The first-order chi connectivity index (χ1) is 8.28. The molecule has 18 heavy (non-hydrogen) atoms. The second kappa shape index (κ2) is 4.44. The van der Waals surface area contributed by atoms with Crippen LogP contribution >= 0.6 is 0 Å². The number of alkyl carbamates (subject to hydrolysis) is 1. The smallest absolute Gasteiger partial charge is 0.408 e. The second-order valence-corrected chi connectivity index (χ2v) is 6.43. The van der Waals surface area contributed by atoms with E-state index in [1.165, 1.54) is 0 Å². The Bertz CT molecular complexity index is 352. The van der Waals surface area contributed by atoms with Gasteiger partial charge in [-0.25, -0.2) is 4.79 Å². The van der Waals surface area contributed by atoms with Crippen molar-refractivity contribution in [3.63, 3.8) is 0 Å². The van der Waals surface area contributed by atoms with Crippen molar-refractivity contribution in [1.82, 2.24) is 10.6 Å². The topological polar surface area (TPSA) is 67.4 Å². The third-order valence-corrected chi connectivity index (χ3v) is 3.06. The Morgan fingerprint density at radius 1 is 1.28 bits per heavy atom. The van der Waals surface area contributed by atoms with Crippen molar-refractivity contribution in [2.24, 2.45) is 0 Å². The molecule has 0 aromatic heterocycles. The summed E-state index contributed by atoms with van der Waals surface area (Å²) in [6, 6.07) is 0.370. The molecule has 0 atom stereocenters. The highest BCUT2D eigenvalue weighted by atomic mass is 16.6. The van der Waals surface area contributed by atoms with E-state index in [1.54, 1.807) is 0 Å². The van der Waals surface area contributed by atoms with Crippen molar-refractivity contribution in [3.05, 3.63) is 0 Å². The maximum atomic E-state index is 11.7. The van der Waals surface area contributed by atoms with Gasteiger partial charge in [0.05, 0.1) is 5.54 Å². The van der Waals surface area contributed by atoms with Gasteiger partial charge in [0, 0.05) is 12.5 Å². The first kappa shape index (κ1) is 13.2. The molecule has 2 amide bonds. The molecule has 2 N–H and O–H groups in total. The fourth-order valence-electron chi connectivity index (χ4n) is 1.83. The van der Waals surface area contributed by atoms with Crippen LogP contribution in [0.15, 0.2) is 0 Å². The van der Waals surface area contributed by atoms with Crippen LogP contribution in [-0.2, 0) is 9.53 Å². The predicted octanol–water partition coefficient (Wildman–Crippen LogP) is 1.71. The monoisotopic (exact) mass is 254 g/mol. The molecule has 0 bridgehead atoms. The molecule has 0 aliphatic heterocycles. The minimum atomic E-state index is -0.504. The van der Waals surface area contributed by atoms with Crippen molar-refractivity contribution in [2.75, 3.05) is 0 Å². The molecular weight excluding hydrogens is 232 g/mol. The first-order valence-electron chi connectivity index (χ1n) is 6.59. The van der Waals surface area contributed by atoms with Crippen LogP contribution in [0.3, 0.4) is 0 Å². The number of hydrogen-bond acceptors (Lipinski definition) is 3. The number of carbonyl (C=O) groups excluding carboxylic acids is 2. The van der Waals surface area contributed by atoms with Gasteiger partial charge in [0.2, 0.25) is 5.91 Å². The van der Waals surface area contributed by atoms with E-state index in [2.05, 4.69) is 10.6 Å². The Labute approximate surface area is 108 Å². The van der Waals surface area contributed by atoms with Crippen LogP contribution in [0.25, 0.3) is 0 Å². The Hall–Kier alpha value is -1.26. The van der Waals surface area contributed by atoms with E-state index in [1.807, 2.05) is 20.8 Å². The normalized spacial score (nSPS) is 21.1. The van der Waals surface area contributed by atoms with E-state index in [9.17, 15) is 9.59 Å². The van der Waals surface area contributed by atoms with E-state index in [0.29, 0.717) is 12.5 Å². The minimum absolute atomic E-state index is 0.0334. The van der Waals surface area contributed by atoms with Crippen LogP contribution in [0, 0.1) is 0 Å². The van der Waals surface area contributed by atoms with Crippen molar-refractivity contribution in [2.45, 2.75) is 70.1 Å². The number of ether oxygens (including phenoxy) is 1. The largest absolute Gasteiger partial charge is 0.444 e. The zero-order valence-electron chi connectivity index (χ0n) is 11.3. The van der Waals surface area contributed by atoms with Crippen molar-refractivity contribution in [3.8, 4) is 0 Å². The summed E-state index contributed by atoms with van der Waals surface area (Å²) in [5.74, 6) is 0.0334. The lowest BCUT2D eigenvalue weighted by atomic mass is 10.1. The lowest BCUT2D eigenvalue weighted by Gasteiger charge is -2.23. The van der Waals surface area contributed by atoms with Gasteiger partial charge in [0.1, 0.15) is 5.60 Å². The van der Waals surface area contributed by atoms with Gasteiger partial charge in [-0.05, 0) is 46.5 Å². The summed E-state index contributed by atoms with van der Waals surface area (Å²) in [6.07, 6.45) is 3.80. The standard InChI is InChI=1S/C13H22N2O3/c1-12(2,3)18-11(17)15-13(6-7-13)8-10(16)14-9-4-5-9/h9H,4-8H2,1-3H3,(H,14,16)(H,15,17). The molecule has 0 aromatic carbocycles. The molecule has 5 heteroatoms. The summed E-state index contributed by atoms with van der Waals surface area (Å²) in [7, 11) is 0. The number of nitrogens with one attached hydrogen (secondary N) is 2. The molecule has 0 spiro atoms. The van der Waals surface area contributed by atoms with Crippen LogP contribution in [0.5, 0.6) is 0 Å². The summed E-state index contributed by atoms with van der Waals surface area (Å²) >= 11 is 0. The van der Waals surface area contributed by atoms with Gasteiger partial charge in [-0.2, -0.15) is 0 Å². The van der Waals surface area contributed by atoms with Gasteiger partial charge in [-0.1, -0.05) is 0 Å². The molecule has 2 fully saturated rings. The summed E-state index contributed by atoms with van der Waals surface area (Å²) in [5.41, 5.74) is -0.863. The molecule has 0 aromatic rings. The Balaban J connectivity index is 1.76. The molecule has 102 valence electrons. The summed E-state index contributed by atoms with van der Waals surface area (Å²) in [6.45, 7) is 5.48. The van der Waals surface area contributed by atoms with Crippen LogP contribution < -0.4 is 10.6 Å². The summed E-state index contributed by atoms with van der Waals surface area (Å²) in [5, 5.41) is 5.77. The van der Waals surface area contributed by atoms with Gasteiger partial charge >= 0.3 is 6.09 Å². The Morgan fingerprint density at radius 2 is 1.89 bits per heavy atom. The van der Waals surface area contributed by atoms with Crippen LogP contribution in [0.4, 0.5) is 4.79 Å². The molecule has 2 aliphatic carbocycles. The molecule has 0 unspecified atom stereocenters. The third kappa shape index (κ3) is 4.20. The minimum Gasteiger partial charge on any atom is -0.444 e. The first-order valence-corrected chi connectivity index (χ1v) is 6.59. The zero-order chi connectivity index (χ0) is 13.4. The van der Waals surface area contributed by atoms with Gasteiger partial charge in [-0.15, -0.1) is 0 Å². The molecular formula is C13H22N2O3. The van der Waals surface area contributed by atoms with Gasteiger partial charge in [0.15, 0.2) is 0 Å².